The van der Waals surface area contributed by atoms with E-state index in [1.54, 1.807) is 17.1 Å². The molecule has 8 nitrogen and oxygen atoms in total. The molecule has 4 aromatic rings. The van der Waals surface area contributed by atoms with Crippen molar-refractivity contribution in [3.05, 3.63) is 48.3 Å². The lowest BCUT2D eigenvalue weighted by molar-refractivity contribution is 0.503. The van der Waals surface area contributed by atoms with Crippen molar-refractivity contribution < 1.29 is 0 Å². The van der Waals surface area contributed by atoms with Crippen LogP contribution in [0.15, 0.2) is 42.7 Å². The monoisotopic (exact) mass is 360 g/mol. The molecule has 0 radical (unpaired) electrons. The van der Waals surface area contributed by atoms with Crippen LogP contribution < -0.4 is 10.6 Å². The van der Waals surface area contributed by atoms with Gasteiger partial charge in [-0.15, -0.1) is 5.10 Å². The quantitative estimate of drug-likeness (QED) is 0.594. The van der Waals surface area contributed by atoms with E-state index in [4.69, 9.17) is 10.7 Å². The highest BCUT2D eigenvalue weighted by atomic mass is 15.5. The second-order valence-electron chi connectivity index (χ2n) is 7.00. The molecule has 2 N–H and O–H groups in total. The Balaban J connectivity index is 1.48. The summed E-state index contributed by atoms with van der Waals surface area (Å²) in [6.45, 7) is 2.34. The number of nitrogens with two attached hydrogens (primary N) is 1. The normalized spacial score (nSPS) is 17.7. The van der Waals surface area contributed by atoms with Crippen LogP contribution in [0.1, 0.15) is 18.4 Å². The molecule has 0 aliphatic carbocycles. The van der Waals surface area contributed by atoms with E-state index in [-0.39, 0.29) is 6.04 Å². The zero-order valence-corrected chi connectivity index (χ0v) is 14.9. The SMILES string of the molecule is N[C@H]1CCCN(c2cnc3nnn(Cc4ccc5ncccc5c4)c3n2)C1. The van der Waals surface area contributed by atoms with Crippen molar-refractivity contribution >= 4 is 28.0 Å². The summed E-state index contributed by atoms with van der Waals surface area (Å²) in [6, 6.07) is 10.4. The smallest absolute Gasteiger partial charge is 0.221 e. The first-order chi connectivity index (χ1) is 13.3. The molecule has 0 spiro atoms. The maximum atomic E-state index is 6.11. The lowest BCUT2D eigenvalue weighted by Gasteiger charge is -2.31. The zero-order valence-electron chi connectivity index (χ0n) is 14.9. The second-order valence-corrected chi connectivity index (χ2v) is 7.00. The van der Waals surface area contributed by atoms with Crippen LogP contribution in [0.2, 0.25) is 0 Å². The third kappa shape index (κ3) is 3.08. The molecular weight excluding hydrogens is 340 g/mol. The Morgan fingerprint density at radius 2 is 2.15 bits per heavy atom. The van der Waals surface area contributed by atoms with Gasteiger partial charge in [0.05, 0.1) is 18.3 Å². The van der Waals surface area contributed by atoms with E-state index >= 15 is 0 Å². The van der Waals surface area contributed by atoms with E-state index in [0.717, 1.165) is 48.2 Å². The first-order valence-electron chi connectivity index (χ1n) is 9.17. The summed E-state index contributed by atoms with van der Waals surface area (Å²) in [4.78, 5) is 15.8. The van der Waals surface area contributed by atoms with Crippen LogP contribution in [-0.4, -0.2) is 49.1 Å². The highest BCUT2D eigenvalue weighted by molar-refractivity contribution is 5.79. The van der Waals surface area contributed by atoms with Crippen molar-refractivity contribution in [3.8, 4) is 0 Å². The van der Waals surface area contributed by atoms with Gasteiger partial charge in [-0.1, -0.05) is 17.3 Å². The summed E-state index contributed by atoms with van der Waals surface area (Å²) in [6.07, 6.45) is 5.70. The minimum atomic E-state index is 0.186. The highest BCUT2D eigenvalue weighted by Crippen LogP contribution is 2.20. The Kier molecular flexibility index (Phi) is 3.90. The van der Waals surface area contributed by atoms with Crippen LogP contribution in [-0.2, 0) is 6.54 Å². The summed E-state index contributed by atoms with van der Waals surface area (Å²) in [5.74, 6) is 0.837. The Morgan fingerprint density at radius 3 is 3.07 bits per heavy atom. The van der Waals surface area contributed by atoms with Crippen LogP contribution in [0, 0.1) is 0 Å². The minimum absolute atomic E-state index is 0.186. The first kappa shape index (κ1) is 16.1. The van der Waals surface area contributed by atoms with Gasteiger partial charge in [0.25, 0.3) is 0 Å². The van der Waals surface area contributed by atoms with Crippen LogP contribution >= 0.6 is 0 Å². The molecule has 5 rings (SSSR count). The fraction of sp³-hybridized carbons (Fsp3) is 0.316. The number of anilines is 1. The number of fused-ring (bicyclic) bond motifs is 2. The third-order valence-corrected chi connectivity index (χ3v) is 5.00. The number of hydrogen-bond donors (Lipinski definition) is 1. The van der Waals surface area contributed by atoms with Gasteiger partial charge in [-0.2, -0.15) is 0 Å². The van der Waals surface area contributed by atoms with Gasteiger partial charge in [-0.05, 0) is 36.6 Å². The van der Waals surface area contributed by atoms with Crippen LogP contribution in [0.25, 0.3) is 22.2 Å². The van der Waals surface area contributed by atoms with E-state index < -0.39 is 0 Å². The molecule has 0 saturated carbocycles. The predicted molar refractivity (Wildman–Crippen MR) is 103 cm³/mol. The fourth-order valence-corrected chi connectivity index (χ4v) is 3.62. The topological polar surface area (TPSA) is 98.6 Å². The maximum absolute atomic E-state index is 6.11. The van der Waals surface area contributed by atoms with Gasteiger partial charge >= 0.3 is 0 Å². The number of benzene rings is 1. The van der Waals surface area contributed by atoms with E-state index in [0.29, 0.717) is 17.8 Å². The summed E-state index contributed by atoms with van der Waals surface area (Å²) in [7, 11) is 0. The number of rotatable bonds is 3. The lowest BCUT2D eigenvalue weighted by Crippen LogP contribution is -2.43. The van der Waals surface area contributed by atoms with E-state index in [1.807, 2.05) is 12.1 Å². The molecule has 1 saturated heterocycles. The standard InChI is InChI=1S/C19H20N8/c20-15-4-2-8-26(12-15)17-10-22-18-19(23-17)27(25-24-18)11-13-5-6-16-14(9-13)3-1-7-21-16/h1,3,5-7,9-10,15H,2,4,8,11-12,20H2/t15-/m0/s1. The summed E-state index contributed by atoms with van der Waals surface area (Å²) in [5, 5.41) is 9.52. The van der Waals surface area contributed by atoms with Gasteiger partial charge in [0.15, 0.2) is 5.65 Å². The van der Waals surface area contributed by atoms with Crippen LogP contribution in [0.4, 0.5) is 5.82 Å². The zero-order chi connectivity index (χ0) is 18.2. The molecule has 3 aromatic heterocycles. The molecule has 0 amide bonds. The molecule has 8 heteroatoms. The fourth-order valence-electron chi connectivity index (χ4n) is 3.62. The van der Waals surface area contributed by atoms with Gasteiger partial charge in [-0.3, -0.25) is 4.98 Å². The number of piperidine rings is 1. The third-order valence-electron chi connectivity index (χ3n) is 5.00. The molecule has 1 aliphatic heterocycles. The van der Waals surface area contributed by atoms with Crippen molar-refractivity contribution in [2.75, 3.05) is 18.0 Å². The van der Waals surface area contributed by atoms with Crippen LogP contribution in [0.5, 0.6) is 0 Å². The summed E-state index contributed by atoms with van der Waals surface area (Å²) < 4.78 is 1.80. The molecule has 0 unspecified atom stereocenters. The number of nitrogens with zero attached hydrogens (tertiary/aromatic N) is 7. The molecule has 1 aliphatic rings. The molecule has 4 heterocycles. The average Bonchev–Trinajstić information content (AvgIpc) is 3.10. The number of pyridine rings is 1. The Labute approximate surface area is 156 Å². The predicted octanol–water partition coefficient (Wildman–Crippen LogP) is 1.75. The molecule has 1 atom stereocenters. The maximum Gasteiger partial charge on any atom is 0.221 e. The Bertz CT molecular complexity index is 1110. The van der Waals surface area contributed by atoms with Gasteiger partial charge in [0.2, 0.25) is 5.65 Å². The minimum Gasteiger partial charge on any atom is -0.354 e. The second kappa shape index (κ2) is 6.55. The van der Waals surface area contributed by atoms with Gasteiger partial charge in [0, 0.05) is 30.7 Å². The van der Waals surface area contributed by atoms with E-state index in [9.17, 15) is 0 Å². The van der Waals surface area contributed by atoms with E-state index in [1.165, 1.54) is 0 Å². The van der Waals surface area contributed by atoms with E-state index in [2.05, 4.69) is 43.4 Å². The van der Waals surface area contributed by atoms with Crippen molar-refractivity contribution in [1.29, 1.82) is 0 Å². The molecule has 0 bridgehead atoms. The largest absolute Gasteiger partial charge is 0.354 e. The summed E-state index contributed by atoms with van der Waals surface area (Å²) >= 11 is 0. The van der Waals surface area contributed by atoms with Crippen molar-refractivity contribution in [3.63, 3.8) is 0 Å². The Morgan fingerprint density at radius 1 is 1.19 bits per heavy atom. The van der Waals surface area contributed by atoms with Crippen molar-refractivity contribution in [1.82, 2.24) is 29.9 Å². The van der Waals surface area contributed by atoms with Crippen molar-refractivity contribution in [2.45, 2.75) is 25.4 Å². The number of aromatic nitrogens is 6. The Hall–Kier alpha value is -3.13. The highest BCUT2D eigenvalue weighted by Gasteiger charge is 2.19. The molecule has 27 heavy (non-hydrogen) atoms. The van der Waals surface area contributed by atoms with Crippen molar-refractivity contribution in [2.24, 2.45) is 5.73 Å². The van der Waals surface area contributed by atoms with Gasteiger partial charge < -0.3 is 10.6 Å². The lowest BCUT2D eigenvalue weighted by atomic mass is 10.1. The molecule has 1 aromatic carbocycles. The van der Waals surface area contributed by atoms with Crippen LogP contribution in [0.3, 0.4) is 0 Å². The number of hydrogen-bond acceptors (Lipinski definition) is 7. The molecule has 1 fully saturated rings. The van der Waals surface area contributed by atoms with Gasteiger partial charge in [0.1, 0.15) is 5.82 Å². The summed E-state index contributed by atoms with van der Waals surface area (Å²) in [5.41, 5.74) is 9.46. The first-order valence-corrected chi connectivity index (χ1v) is 9.17. The molecule has 136 valence electrons. The van der Waals surface area contributed by atoms with Gasteiger partial charge in [-0.25, -0.2) is 14.6 Å². The average molecular weight is 360 g/mol. The molecular formula is C19H20N8.